The number of nitrogens with zero attached hydrogens (tertiary/aromatic N) is 3. The Morgan fingerprint density at radius 2 is 2.04 bits per heavy atom. The molecule has 2 heterocycles. The van der Waals surface area contributed by atoms with E-state index >= 15 is 0 Å². The molecular formula is C20H25N3O3S. The van der Waals surface area contributed by atoms with E-state index in [1.54, 1.807) is 18.9 Å². The van der Waals surface area contributed by atoms with Crippen LogP contribution in [0.4, 0.5) is 0 Å². The van der Waals surface area contributed by atoms with E-state index in [0.717, 1.165) is 67.5 Å². The van der Waals surface area contributed by atoms with E-state index in [0.29, 0.717) is 12.2 Å². The summed E-state index contributed by atoms with van der Waals surface area (Å²) < 4.78 is 13.2. The van der Waals surface area contributed by atoms with Crippen LogP contribution in [-0.2, 0) is 16.1 Å². The van der Waals surface area contributed by atoms with Crippen LogP contribution in [0.15, 0.2) is 29.4 Å². The van der Waals surface area contributed by atoms with Crippen molar-refractivity contribution >= 4 is 17.5 Å². The van der Waals surface area contributed by atoms with Gasteiger partial charge in [-0.05, 0) is 49.9 Å². The van der Waals surface area contributed by atoms with Gasteiger partial charge in [-0.15, -0.1) is 10.2 Å². The molecule has 0 bridgehead atoms. The van der Waals surface area contributed by atoms with Gasteiger partial charge in [-0.1, -0.05) is 18.2 Å². The van der Waals surface area contributed by atoms with Gasteiger partial charge < -0.3 is 9.47 Å². The van der Waals surface area contributed by atoms with Crippen molar-refractivity contribution in [2.75, 3.05) is 13.7 Å². The molecule has 0 amide bonds. The fourth-order valence-electron chi connectivity index (χ4n) is 3.69. The standard InChI is InChI=1S/C20H25N3O3S/c1-25-15-10-8-14(9-11-15)19-21-22-20(23(19)13-16-5-4-12-26-16)27-18-7-3-2-6-17(18)24/h8-11,16,18H,2-7,12-13H2,1H3. The first-order chi connectivity index (χ1) is 13.2. The summed E-state index contributed by atoms with van der Waals surface area (Å²) in [5.74, 6) is 1.97. The number of carbonyl (C=O) groups excluding carboxylic acids is 1. The van der Waals surface area contributed by atoms with E-state index in [1.807, 2.05) is 24.3 Å². The number of thioether (sulfide) groups is 1. The van der Waals surface area contributed by atoms with E-state index in [-0.39, 0.29) is 11.4 Å². The number of benzene rings is 1. The molecule has 1 aliphatic carbocycles. The first-order valence-corrected chi connectivity index (χ1v) is 10.5. The summed E-state index contributed by atoms with van der Waals surface area (Å²) in [4.78, 5) is 12.3. The summed E-state index contributed by atoms with van der Waals surface area (Å²) in [6, 6.07) is 7.85. The average Bonchev–Trinajstić information content (AvgIpc) is 3.35. The van der Waals surface area contributed by atoms with Crippen molar-refractivity contribution in [3.8, 4) is 17.1 Å². The van der Waals surface area contributed by atoms with Gasteiger partial charge in [0.1, 0.15) is 11.5 Å². The first kappa shape index (κ1) is 18.5. The van der Waals surface area contributed by atoms with Gasteiger partial charge in [0.15, 0.2) is 11.0 Å². The third-order valence-corrected chi connectivity index (χ3v) is 6.52. The van der Waals surface area contributed by atoms with Crippen molar-refractivity contribution in [1.82, 2.24) is 14.8 Å². The summed E-state index contributed by atoms with van der Waals surface area (Å²) in [6.07, 6.45) is 6.04. The van der Waals surface area contributed by atoms with E-state index < -0.39 is 0 Å². The van der Waals surface area contributed by atoms with Crippen molar-refractivity contribution < 1.29 is 14.3 Å². The van der Waals surface area contributed by atoms with Crippen LogP contribution >= 0.6 is 11.8 Å². The Morgan fingerprint density at radius 1 is 1.19 bits per heavy atom. The lowest BCUT2D eigenvalue weighted by atomic mass is 9.99. The van der Waals surface area contributed by atoms with Gasteiger partial charge in [-0.25, -0.2) is 0 Å². The van der Waals surface area contributed by atoms with Crippen molar-refractivity contribution in [2.24, 2.45) is 0 Å². The highest BCUT2D eigenvalue weighted by Crippen LogP contribution is 2.33. The fraction of sp³-hybridized carbons (Fsp3) is 0.550. The number of ether oxygens (including phenoxy) is 2. The van der Waals surface area contributed by atoms with Crippen LogP contribution in [0.1, 0.15) is 38.5 Å². The molecule has 0 N–H and O–H groups in total. The van der Waals surface area contributed by atoms with Crippen molar-refractivity contribution in [3.05, 3.63) is 24.3 Å². The maximum Gasteiger partial charge on any atom is 0.192 e. The molecule has 2 atom stereocenters. The third kappa shape index (κ3) is 4.19. The smallest absolute Gasteiger partial charge is 0.192 e. The topological polar surface area (TPSA) is 66.2 Å². The molecule has 27 heavy (non-hydrogen) atoms. The Hall–Kier alpha value is -1.86. The van der Waals surface area contributed by atoms with Gasteiger partial charge in [-0.2, -0.15) is 0 Å². The molecule has 1 aromatic heterocycles. The highest BCUT2D eigenvalue weighted by atomic mass is 32.2. The van der Waals surface area contributed by atoms with E-state index in [4.69, 9.17) is 9.47 Å². The Balaban J connectivity index is 1.63. The van der Waals surface area contributed by atoms with Crippen LogP contribution in [0.3, 0.4) is 0 Å². The number of hydrogen-bond acceptors (Lipinski definition) is 6. The second kappa shape index (κ2) is 8.44. The monoisotopic (exact) mass is 387 g/mol. The largest absolute Gasteiger partial charge is 0.497 e. The molecule has 1 aliphatic heterocycles. The summed E-state index contributed by atoms with van der Waals surface area (Å²) >= 11 is 1.57. The number of ketones is 1. The minimum atomic E-state index is -0.00471. The summed E-state index contributed by atoms with van der Waals surface area (Å²) in [7, 11) is 1.66. The molecule has 0 spiro atoms. The number of Topliss-reactive ketones (excluding diaryl/α,β-unsaturated/α-hetero) is 1. The van der Waals surface area contributed by atoms with Crippen LogP contribution in [0, 0.1) is 0 Å². The Labute approximate surface area is 163 Å². The molecule has 7 heteroatoms. The fourth-order valence-corrected chi connectivity index (χ4v) is 4.85. The van der Waals surface area contributed by atoms with Gasteiger partial charge in [0.05, 0.1) is 25.0 Å². The zero-order valence-electron chi connectivity index (χ0n) is 15.6. The average molecular weight is 388 g/mol. The lowest BCUT2D eigenvalue weighted by molar-refractivity contribution is -0.119. The zero-order chi connectivity index (χ0) is 18.6. The normalized spacial score (nSPS) is 22.9. The first-order valence-electron chi connectivity index (χ1n) is 9.63. The molecule has 1 saturated carbocycles. The second-order valence-electron chi connectivity index (χ2n) is 7.10. The van der Waals surface area contributed by atoms with Crippen LogP contribution in [0.5, 0.6) is 5.75 Å². The van der Waals surface area contributed by atoms with E-state index in [2.05, 4.69) is 14.8 Å². The van der Waals surface area contributed by atoms with Crippen LogP contribution in [0.25, 0.3) is 11.4 Å². The molecule has 1 saturated heterocycles. The second-order valence-corrected chi connectivity index (χ2v) is 8.27. The van der Waals surface area contributed by atoms with Gasteiger partial charge >= 0.3 is 0 Å². The number of hydrogen-bond donors (Lipinski definition) is 0. The zero-order valence-corrected chi connectivity index (χ0v) is 16.4. The number of methoxy groups -OCH3 is 1. The van der Waals surface area contributed by atoms with Gasteiger partial charge in [-0.3, -0.25) is 9.36 Å². The lowest BCUT2D eigenvalue weighted by Gasteiger charge is -2.20. The molecule has 2 unspecified atom stereocenters. The van der Waals surface area contributed by atoms with Crippen molar-refractivity contribution in [3.63, 3.8) is 0 Å². The molecule has 144 valence electrons. The van der Waals surface area contributed by atoms with Crippen LogP contribution < -0.4 is 4.74 Å². The molecule has 2 aliphatic rings. The Kier molecular flexibility index (Phi) is 5.78. The Bertz CT molecular complexity index is 784. The van der Waals surface area contributed by atoms with Crippen molar-refractivity contribution in [2.45, 2.75) is 61.6 Å². The van der Waals surface area contributed by atoms with Gasteiger partial charge in [0, 0.05) is 18.6 Å². The number of aromatic nitrogens is 3. The van der Waals surface area contributed by atoms with Gasteiger partial charge in [0.25, 0.3) is 0 Å². The minimum absolute atomic E-state index is 0.00471. The predicted octanol–water partition coefficient (Wildman–Crippen LogP) is 3.74. The number of carbonyl (C=O) groups is 1. The van der Waals surface area contributed by atoms with E-state index in [9.17, 15) is 4.79 Å². The van der Waals surface area contributed by atoms with E-state index in [1.165, 1.54) is 0 Å². The highest BCUT2D eigenvalue weighted by molar-refractivity contribution is 8.00. The maximum atomic E-state index is 12.3. The maximum absolute atomic E-state index is 12.3. The van der Waals surface area contributed by atoms with Gasteiger partial charge in [0.2, 0.25) is 0 Å². The summed E-state index contributed by atoms with van der Waals surface area (Å²) in [6.45, 7) is 1.53. The quantitative estimate of drug-likeness (QED) is 0.752. The lowest BCUT2D eigenvalue weighted by Crippen LogP contribution is -2.23. The molecule has 2 aromatic rings. The summed E-state index contributed by atoms with van der Waals surface area (Å²) in [5, 5.41) is 9.71. The molecule has 4 rings (SSSR count). The third-order valence-electron chi connectivity index (χ3n) is 5.22. The van der Waals surface area contributed by atoms with Crippen molar-refractivity contribution in [1.29, 1.82) is 0 Å². The highest BCUT2D eigenvalue weighted by Gasteiger charge is 2.28. The van der Waals surface area contributed by atoms with Crippen LogP contribution in [0.2, 0.25) is 0 Å². The molecule has 6 nitrogen and oxygen atoms in total. The predicted molar refractivity (Wildman–Crippen MR) is 104 cm³/mol. The minimum Gasteiger partial charge on any atom is -0.497 e. The SMILES string of the molecule is COc1ccc(-c2nnc(SC3CCCCC3=O)n2CC2CCCO2)cc1. The summed E-state index contributed by atoms with van der Waals surface area (Å²) in [5.41, 5.74) is 0.989. The molecule has 0 radical (unpaired) electrons. The number of rotatable bonds is 6. The molecular weight excluding hydrogens is 362 g/mol. The molecule has 2 fully saturated rings. The molecule has 1 aromatic carbocycles. The van der Waals surface area contributed by atoms with Crippen LogP contribution in [-0.4, -0.2) is 45.6 Å². The Morgan fingerprint density at radius 3 is 2.74 bits per heavy atom.